The topological polar surface area (TPSA) is 41.6 Å². The fraction of sp³-hybridized carbons (Fsp3) is 0.682. The predicted octanol–water partition coefficient (Wildman–Crippen LogP) is 4.48. The van der Waals surface area contributed by atoms with Crippen molar-refractivity contribution < 1.29 is 9.53 Å². The monoisotopic (exact) mass is 356 g/mol. The molecule has 2 aliphatic carbocycles. The molecule has 0 aromatic heterocycles. The van der Waals surface area contributed by atoms with Crippen molar-refractivity contribution in [3.63, 3.8) is 0 Å². The van der Waals surface area contributed by atoms with E-state index in [1.165, 1.54) is 75.6 Å². The number of likely N-dealkylation sites (tertiary alicyclic amines) is 1. The highest BCUT2D eigenvalue weighted by molar-refractivity contribution is 5.70. The highest BCUT2D eigenvalue weighted by Gasteiger charge is 2.39. The van der Waals surface area contributed by atoms with Crippen LogP contribution in [0.2, 0.25) is 0 Å². The third kappa shape index (κ3) is 3.62. The first-order valence-electron chi connectivity index (χ1n) is 10.5. The van der Waals surface area contributed by atoms with Crippen LogP contribution in [-0.2, 0) is 6.42 Å². The van der Waals surface area contributed by atoms with Crippen LogP contribution in [0.1, 0.15) is 68.4 Å². The molecule has 1 aromatic rings. The summed E-state index contributed by atoms with van der Waals surface area (Å²) in [6.07, 6.45) is 11.7. The first-order chi connectivity index (χ1) is 12.8. The van der Waals surface area contributed by atoms with Crippen molar-refractivity contribution in [1.82, 2.24) is 10.2 Å². The SMILES string of the molecule is CNC(=O)Oc1cccc2c1CC[C@H]1[C@@H]2CCN1CCC1CCCCC1. The number of carbonyl (C=O) groups excluding carboxylic acids is 1. The van der Waals surface area contributed by atoms with Gasteiger partial charge in [0.05, 0.1) is 0 Å². The Morgan fingerprint density at radius 1 is 1.19 bits per heavy atom. The largest absolute Gasteiger partial charge is 0.412 e. The molecule has 26 heavy (non-hydrogen) atoms. The number of rotatable bonds is 4. The maximum Gasteiger partial charge on any atom is 0.412 e. The zero-order chi connectivity index (χ0) is 17.9. The standard InChI is InChI=1S/C22H32N2O2/c1-23-22(25)26-21-9-5-8-17-18-13-15-24(20(18)11-10-19(17)21)14-12-16-6-3-2-4-7-16/h5,8-9,16,18,20H,2-4,6-7,10-15H2,1H3,(H,23,25)/t18-,20+/m1/s1. The summed E-state index contributed by atoms with van der Waals surface area (Å²) in [7, 11) is 1.61. The van der Waals surface area contributed by atoms with Gasteiger partial charge in [0.15, 0.2) is 0 Å². The van der Waals surface area contributed by atoms with E-state index in [4.69, 9.17) is 4.74 Å². The number of fused-ring (bicyclic) bond motifs is 3. The molecule has 142 valence electrons. The average molecular weight is 357 g/mol. The van der Waals surface area contributed by atoms with Crippen molar-refractivity contribution in [3.05, 3.63) is 29.3 Å². The number of nitrogens with zero attached hydrogens (tertiary/aromatic N) is 1. The summed E-state index contributed by atoms with van der Waals surface area (Å²) in [4.78, 5) is 14.4. The highest BCUT2D eigenvalue weighted by Crippen LogP contribution is 2.44. The minimum absolute atomic E-state index is 0.374. The molecule has 0 unspecified atom stereocenters. The van der Waals surface area contributed by atoms with Crippen LogP contribution in [0, 0.1) is 5.92 Å². The quantitative estimate of drug-likeness (QED) is 0.865. The molecule has 2 atom stereocenters. The summed E-state index contributed by atoms with van der Waals surface area (Å²) < 4.78 is 5.50. The number of amides is 1. The molecular formula is C22H32N2O2. The van der Waals surface area contributed by atoms with Crippen LogP contribution in [-0.4, -0.2) is 37.2 Å². The molecule has 1 N–H and O–H groups in total. The van der Waals surface area contributed by atoms with Crippen LogP contribution in [0.25, 0.3) is 0 Å². The van der Waals surface area contributed by atoms with E-state index >= 15 is 0 Å². The van der Waals surface area contributed by atoms with Gasteiger partial charge in [-0.3, -0.25) is 4.90 Å². The first kappa shape index (κ1) is 17.8. The van der Waals surface area contributed by atoms with Crippen LogP contribution in [0.4, 0.5) is 4.79 Å². The van der Waals surface area contributed by atoms with Crippen LogP contribution in [0.15, 0.2) is 18.2 Å². The van der Waals surface area contributed by atoms with Gasteiger partial charge in [-0.15, -0.1) is 0 Å². The van der Waals surface area contributed by atoms with Crippen LogP contribution >= 0.6 is 0 Å². The molecule has 0 spiro atoms. The molecular weight excluding hydrogens is 324 g/mol. The van der Waals surface area contributed by atoms with Crippen molar-refractivity contribution in [1.29, 1.82) is 0 Å². The molecule has 1 amide bonds. The Labute approximate surface area is 157 Å². The number of carbonyl (C=O) groups is 1. The second-order valence-corrected chi connectivity index (χ2v) is 8.29. The Kier molecular flexibility index (Phi) is 5.49. The number of hydrogen-bond donors (Lipinski definition) is 1. The number of ether oxygens (including phenoxy) is 1. The van der Waals surface area contributed by atoms with E-state index in [1.807, 2.05) is 12.1 Å². The van der Waals surface area contributed by atoms with E-state index in [0.717, 1.165) is 18.1 Å². The lowest BCUT2D eigenvalue weighted by atomic mass is 9.79. The highest BCUT2D eigenvalue weighted by atomic mass is 16.6. The normalized spacial score (nSPS) is 26.2. The van der Waals surface area contributed by atoms with Gasteiger partial charge in [-0.1, -0.05) is 44.2 Å². The Bertz CT molecular complexity index is 639. The molecule has 4 nitrogen and oxygen atoms in total. The zero-order valence-electron chi connectivity index (χ0n) is 16.0. The lowest BCUT2D eigenvalue weighted by molar-refractivity contribution is 0.195. The molecule has 1 aliphatic heterocycles. The van der Waals surface area contributed by atoms with Crippen molar-refractivity contribution in [2.24, 2.45) is 5.92 Å². The van der Waals surface area contributed by atoms with Gasteiger partial charge in [-0.25, -0.2) is 4.79 Å². The average Bonchev–Trinajstić information content (AvgIpc) is 3.11. The Morgan fingerprint density at radius 2 is 2.04 bits per heavy atom. The summed E-state index contributed by atoms with van der Waals surface area (Å²) in [6, 6.07) is 6.92. The van der Waals surface area contributed by atoms with E-state index in [0.29, 0.717) is 12.0 Å². The van der Waals surface area contributed by atoms with Crippen LogP contribution in [0.3, 0.4) is 0 Å². The summed E-state index contributed by atoms with van der Waals surface area (Å²) in [6.45, 7) is 2.50. The number of hydrogen-bond acceptors (Lipinski definition) is 3. The smallest absolute Gasteiger partial charge is 0.410 e. The lowest BCUT2D eigenvalue weighted by Crippen LogP contribution is -2.36. The van der Waals surface area contributed by atoms with E-state index in [9.17, 15) is 4.79 Å². The summed E-state index contributed by atoms with van der Waals surface area (Å²) >= 11 is 0. The van der Waals surface area contributed by atoms with Crippen molar-refractivity contribution in [2.45, 2.75) is 69.7 Å². The molecule has 0 radical (unpaired) electrons. The Hall–Kier alpha value is -1.55. The van der Waals surface area contributed by atoms with Gasteiger partial charge >= 0.3 is 6.09 Å². The van der Waals surface area contributed by atoms with Crippen LogP contribution in [0.5, 0.6) is 5.75 Å². The van der Waals surface area contributed by atoms with Gasteiger partial charge in [-0.2, -0.15) is 0 Å². The van der Waals surface area contributed by atoms with Gasteiger partial charge < -0.3 is 10.1 Å². The van der Waals surface area contributed by atoms with Crippen molar-refractivity contribution in [2.75, 3.05) is 20.1 Å². The van der Waals surface area contributed by atoms with Crippen molar-refractivity contribution >= 4 is 6.09 Å². The molecule has 1 saturated heterocycles. The first-order valence-corrected chi connectivity index (χ1v) is 10.5. The molecule has 1 heterocycles. The summed E-state index contributed by atoms with van der Waals surface area (Å²) in [5.74, 6) is 2.32. The number of benzene rings is 1. The fourth-order valence-electron chi connectivity index (χ4n) is 5.50. The minimum atomic E-state index is -0.374. The Balaban J connectivity index is 1.43. The van der Waals surface area contributed by atoms with E-state index in [-0.39, 0.29) is 6.09 Å². The van der Waals surface area contributed by atoms with Gasteiger partial charge in [0.1, 0.15) is 5.75 Å². The van der Waals surface area contributed by atoms with E-state index in [1.54, 1.807) is 7.05 Å². The molecule has 1 aromatic carbocycles. The maximum atomic E-state index is 11.6. The van der Waals surface area contributed by atoms with E-state index in [2.05, 4.69) is 16.3 Å². The van der Waals surface area contributed by atoms with E-state index < -0.39 is 0 Å². The second-order valence-electron chi connectivity index (χ2n) is 8.29. The fourth-order valence-corrected chi connectivity index (χ4v) is 5.50. The Morgan fingerprint density at radius 3 is 2.85 bits per heavy atom. The van der Waals surface area contributed by atoms with Gasteiger partial charge in [0.25, 0.3) is 0 Å². The second kappa shape index (κ2) is 7.99. The molecule has 1 saturated carbocycles. The minimum Gasteiger partial charge on any atom is -0.410 e. The molecule has 0 bridgehead atoms. The maximum absolute atomic E-state index is 11.6. The number of nitrogens with one attached hydrogen (secondary N) is 1. The summed E-state index contributed by atoms with van der Waals surface area (Å²) in [5, 5.41) is 2.55. The van der Waals surface area contributed by atoms with Gasteiger partial charge in [0, 0.05) is 19.0 Å². The lowest BCUT2D eigenvalue weighted by Gasteiger charge is -2.35. The van der Waals surface area contributed by atoms with Crippen LogP contribution < -0.4 is 10.1 Å². The molecule has 3 aliphatic rings. The predicted molar refractivity (Wildman–Crippen MR) is 104 cm³/mol. The van der Waals surface area contributed by atoms with Crippen molar-refractivity contribution in [3.8, 4) is 5.75 Å². The molecule has 4 rings (SSSR count). The van der Waals surface area contributed by atoms with Gasteiger partial charge in [-0.05, 0) is 61.9 Å². The third-order valence-corrected chi connectivity index (χ3v) is 6.88. The third-order valence-electron chi connectivity index (χ3n) is 6.88. The zero-order valence-corrected chi connectivity index (χ0v) is 16.0. The molecule has 2 fully saturated rings. The molecule has 4 heteroatoms. The van der Waals surface area contributed by atoms with Gasteiger partial charge in [0.2, 0.25) is 0 Å². The summed E-state index contributed by atoms with van der Waals surface area (Å²) in [5.41, 5.74) is 2.68.